The number of halogens is 2. The average molecular weight is 305 g/mol. The second-order valence-electron chi connectivity index (χ2n) is 3.14. The van der Waals surface area contributed by atoms with Crippen molar-refractivity contribution in [3.8, 4) is 16.9 Å². The number of ether oxygens (including phenoxy) is 1. The average Bonchev–Trinajstić information content (AvgIpc) is 2.30. The van der Waals surface area contributed by atoms with E-state index in [4.69, 9.17) is 4.74 Å². The van der Waals surface area contributed by atoms with Crippen LogP contribution < -0.4 is 21.7 Å². The smallest absolute Gasteiger partial charge is 1.00 e. The van der Waals surface area contributed by atoms with E-state index in [1.807, 2.05) is 12.1 Å². The predicted molar refractivity (Wildman–Crippen MR) is 63.0 cm³/mol. The molecule has 0 aromatic heterocycles. The van der Waals surface area contributed by atoms with Crippen LogP contribution in [0.15, 0.2) is 42.5 Å². The topological polar surface area (TPSA) is 9.23 Å². The largest absolute Gasteiger partial charge is 2.00 e. The molecule has 0 unspecified atom stereocenters. The number of benzene rings is 2. The molecule has 0 saturated carbocycles. The molecule has 84 valence electrons. The quantitative estimate of drug-likeness (QED) is 0.557. The molecule has 0 amide bonds. The third-order valence-corrected chi connectivity index (χ3v) is 2.18. The van der Waals surface area contributed by atoms with E-state index < -0.39 is 0 Å². The van der Waals surface area contributed by atoms with E-state index in [9.17, 15) is 4.39 Å². The minimum Gasteiger partial charge on any atom is -1.00 e. The monoisotopic (exact) mass is 304 g/mol. The third-order valence-electron chi connectivity index (χ3n) is 2.18. The maximum Gasteiger partial charge on any atom is 2.00 e. The van der Waals surface area contributed by atoms with Gasteiger partial charge in [-0.25, -0.2) is 4.39 Å². The Morgan fingerprint density at radius 2 is 2.00 bits per heavy atom. The van der Waals surface area contributed by atoms with Crippen LogP contribution in [0.4, 0.5) is 4.39 Å². The van der Waals surface area contributed by atoms with Crippen molar-refractivity contribution in [1.29, 1.82) is 0 Å². The zero-order valence-electron chi connectivity index (χ0n) is 9.41. The van der Waals surface area contributed by atoms with Gasteiger partial charge in [-0.05, 0) is 23.8 Å². The van der Waals surface area contributed by atoms with Gasteiger partial charge in [-0.1, -0.05) is 0 Å². The molecule has 0 aliphatic carbocycles. The molecule has 0 aliphatic heterocycles. The second-order valence-corrected chi connectivity index (χ2v) is 3.14. The number of methoxy groups -OCH3 is 1. The van der Waals surface area contributed by atoms with E-state index in [0.717, 1.165) is 11.1 Å². The Kier molecular flexibility index (Phi) is 7.42. The van der Waals surface area contributed by atoms with Gasteiger partial charge < -0.3 is 21.7 Å². The normalized spacial score (nSPS) is 8.82. The van der Waals surface area contributed by atoms with Gasteiger partial charge in [0.25, 0.3) is 0 Å². The van der Waals surface area contributed by atoms with Crippen molar-refractivity contribution < 1.29 is 26.1 Å². The van der Waals surface area contributed by atoms with Gasteiger partial charge in [0.15, 0.2) is 0 Å². The molecule has 0 bridgehead atoms. The Balaban J connectivity index is 0.00000128. The summed E-state index contributed by atoms with van der Waals surface area (Å²) < 4.78 is 18.3. The fourth-order valence-corrected chi connectivity index (χ4v) is 1.47. The summed E-state index contributed by atoms with van der Waals surface area (Å²) in [6, 6.07) is 14.8. The molecule has 2 aromatic carbocycles. The van der Waals surface area contributed by atoms with Gasteiger partial charge in [0, 0.05) is 0 Å². The fourth-order valence-electron chi connectivity index (χ4n) is 1.47. The molecular weight excluding hydrogens is 295 g/mol. The summed E-state index contributed by atoms with van der Waals surface area (Å²) in [6.07, 6.45) is 0. The van der Waals surface area contributed by atoms with Crippen LogP contribution in [0, 0.1) is 11.9 Å². The maximum atomic E-state index is 13.1. The second kappa shape index (κ2) is 7.69. The van der Waals surface area contributed by atoms with Crippen LogP contribution in [0.25, 0.3) is 11.1 Å². The van der Waals surface area contributed by atoms with Crippen molar-refractivity contribution in [3.05, 3.63) is 54.3 Å². The molecule has 0 aliphatic rings. The van der Waals surface area contributed by atoms with E-state index >= 15 is 0 Å². The zero-order chi connectivity index (χ0) is 10.7. The summed E-state index contributed by atoms with van der Waals surface area (Å²) in [7, 11) is 1.57. The van der Waals surface area contributed by atoms with E-state index in [2.05, 4.69) is 6.07 Å². The molecule has 0 atom stereocenters. The molecule has 17 heavy (non-hydrogen) atoms. The molecule has 4 heteroatoms. The van der Waals surface area contributed by atoms with E-state index in [1.165, 1.54) is 12.1 Å². The summed E-state index contributed by atoms with van der Waals surface area (Å²) in [5.41, 5.74) is 1.64. The van der Waals surface area contributed by atoms with Crippen LogP contribution >= 0.6 is 0 Å². The Morgan fingerprint density at radius 1 is 1.24 bits per heavy atom. The summed E-state index contributed by atoms with van der Waals surface area (Å²) >= 11 is 0. The standard InChI is InChI=1S/C13H10FO.BrH.Mg/c1-15-13-8-7-11(14)9-12(13)10-5-3-2-4-6-10;;/h2-3,5-9H,1H3;1H;/q-1;;+2/p-1. The van der Waals surface area contributed by atoms with E-state index in [0.29, 0.717) is 5.75 Å². The molecule has 2 rings (SSSR count). The number of hydrogen-bond acceptors (Lipinski definition) is 1. The van der Waals surface area contributed by atoms with Gasteiger partial charge in [-0.2, -0.15) is 30.3 Å². The van der Waals surface area contributed by atoms with Crippen LogP contribution in [0.5, 0.6) is 5.75 Å². The predicted octanol–water partition coefficient (Wildman–Crippen LogP) is -0.0753. The Hall–Kier alpha value is -0.584. The van der Waals surface area contributed by atoms with Crippen molar-refractivity contribution in [2.75, 3.05) is 7.11 Å². The van der Waals surface area contributed by atoms with Crippen molar-refractivity contribution in [3.63, 3.8) is 0 Å². The van der Waals surface area contributed by atoms with Gasteiger partial charge in [-0.3, -0.25) is 0 Å². The van der Waals surface area contributed by atoms with Crippen LogP contribution in [0.3, 0.4) is 0 Å². The van der Waals surface area contributed by atoms with E-state index in [-0.39, 0.29) is 45.9 Å². The Labute approximate surface area is 127 Å². The first-order chi connectivity index (χ1) is 7.31. The zero-order valence-corrected chi connectivity index (χ0v) is 12.4. The molecule has 0 N–H and O–H groups in total. The molecule has 0 spiro atoms. The molecule has 0 fully saturated rings. The summed E-state index contributed by atoms with van der Waals surface area (Å²) in [4.78, 5) is 0. The van der Waals surface area contributed by atoms with Crippen LogP contribution in [-0.4, -0.2) is 30.2 Å². The number of rotatable bonds is 2. The van der Waals surface area contributed by atoms with Crippen molar-refractivity contribution in [2.24, 2.45) is 0 Å². The van der Waals surface area contributed by atoms with Gasteiger partial charge in [0.1, 0.15) is 11.6 Å². The van der Waals surface area contributed by atoms with Crippen LogP contribution in [0.2, 0.25) is 0 Å². The third kappa shape index (κ3) is 3.98. The first kappa shape index (κ1) is 16.4. The van der Waals surface area contributed by atoms with Gasteiger partial charge in [-0.15, -0.1) is 5.56 Å². The van der Waals surface area contributed by atoms with Crippen molar-refractivity contribution >= 4 is 23.1 Å². The molecule has 0 radical (unpaired) electrons. The van der Waals surface area contributed by atoms with Crippen molar-refractivity contribution in [2.45, 2.75) is 0 Å². The molecule has 2 aromatic rings. The summed E-state index contributed by atoms with van der Waals surface area (Å²) in [5.74, 6) is 0.394. The first-order valence-electron chi connectivity index (χ1n) is 4.61. The Bertz CT molecular complexity index is 462. The SMILES string of the molecule is COc1ccc(F)cc1-c1c[c-]ccc1.[Br-].[Mg+2]. The first-order valence-corrected chi connectivity index (χ1v) is 4.61. The van der Waals surface area contributed by atoms with Crippen LogP contribution in [0.1, 0.15) is 0 Å². The van der Waals surface area contributed by atoms with Crippen molar-refractivity contribution in [1.82, 2.24) is 0 Å². The fraction of sp³-hybridized carbons (Fsp3) is 0.0769. The van der Waals surface area contributed by atoms with Gasteiger partial charge in [0.2, 0.25) is 0 Å². The molecular formula is C13H10BrFMgO. The maximum absolute atomic E-state index is 13.1. The summed E-state index contributed by atoms with van der Waals surface area (Å²) in [5, 5.41) is 0. The minimum absolute atomic E-state index is 0. The summed E-state index contributed by atoms with van der Waals surface area (Å²) in [6.45, 7) is 0. The van der Waals surface area contributed by atoms with E-state index in [1.54, 1.807) is 25.3 Å². The Morgan fingerprint density at radius 3 is 2.59 bits per heavy atom. The minimum atomic E-state index is -0.269. The number of hydrogen-bond donors (Lipinski definition) is 0. The molecule has 0 heterocycles. The molecule has 0 saturated heterocycles. The van der Waals surface area contributed by atoms with Gasteiger partial charge >= 0.3 is 23.1 Å². The molecule has 1 nitrogen and oxygen atoms in total. The van der Waals surface area contributed by atoms with Gasteiger partial charge in [0.05, 0.1) is 7.11 Å². The van der Waals surface area contributed by atoms with Crippen LogP contribution in [-0.2, 0) is 0 Å².